The number of thiol groups is 1. The minimum Gasteiger partial charge on any atom is -0.480 e. The maximum absolute atomic E-state index is 13.8. The van der Waals surface area contributed by atoms with E-state index in [0.29, 0.717) is 24.8 Å². The van der Waals surface area contributed by atoms with E-state index in [1.165, 1.54) is 0 Å². The summed E-state index contributed by atoms with van der Waals surface area (Å²) >= 11 is 4.52. The van der Waals surface area contributed by atoms with Crippen LogP contribution in [-0.4, -0.2) is 70.8 Å². The lowest BCUT2D eigenvalue weighted by Gasteiger charge is -2.39. The Labute approximate surface area is 194 Å². The van der Waals surface area contributed by atoms with Crippen molar-refractivity contribution in [2.24, 2.45) is 5.92 Å². The zero-order chi connectivity index (χ0) is 23.3. The molecular weight excluding hydrogens is 428 g/mol. The van der Waals surface area contributed by atoms with Gasteiger partial charge in [-0.1, -0.05) is 44.5 Å². The summed E-state index contributed by atoms with van der Waals surface area (Å²) in [5.74, 6) is -1.59. The predicted octanol–water partition coefficient (Wildman–Crippen LogP) is 0.805. The van der Waals surface area contributed by atoms with Crippen LogP contribution in [0.2, 0.25) is 0 Å². The fourth-order valence-corrected chi connectivity index (χ4v) is 4.80. The smallest absolute Gasteiger partial charge is 0.322 e. The molecule has 2 heterocycles. The van der Waals surface area contributed by atoms with Gasteiger partial charge in [0.05, 0.1) is 6.04 Å². The van der Waals surface area contributed by atoms with Crippen LogP contribution in [0.3, 0.4) is 0 Å². The standard InChI is InChI=1S/C23H34N4O4S/c1-3-14(2)21(25-10-17-9-18(32)11-24-17)23(31)27-13-16-7-5-4-6-15(16)8-19(27)22(30)26-12-20(28)29/h4-7,14,17-19,21,24-25,32H,3,8-13H2,1-2H3,(H,26,30)(H,28,29)/t14-,17-,18?,19-,21-/m0/s1. The number of nitrogens with zero attached hydrogens (tertiary/aromatic N) is 1. The summed E-state index contributed by atoms with van der Waals surface area (Å²) < 4.78 is 0. The summed E-state index contributed by atoms with van der Waals surface area (Å²) in [6.45, 7) is 5.45. The number of hydrogen-bond acceptors (Lipinski definition) is 6. The van der Waals surface area contributed by atoms with Crippen LogP contribution >= 0.6 is 12.6 Å². The van der Waals surface area contributed by atoms with E-state index in [0.717, 1.165) is 30.5 Å². The summed E-state index contributed by atoms with van der Waals surface area (Å²) in [7, 11) is 0. The average molecular weight is 463 g/mol. The quantitative estimate of drug-likeness (QED) is 0.347. The Morgan fingerprint density at radius 1 is 1.28 bits per heavy atom. The lowest BCUT2D eigenvalue weighted by molar-refractivity contribution is -0.145. The topological polar surface area (TPSA) is 111 Å². The Morgan fingerprint density at radius 2 is 2.00 bits per heavy atom. The summed E-state index contributed by atoms with van der Waals surface area (Å²) in [6, 6.07) is 6.86. The van der Waals surface area contributed by atoms with Gasteiger partial charge in [-0.15, -0.1) is 0 Å². The van der Waals surface area contributed by atoms with Crippen molar-refractivity contribution < 1.29 is 19.5 Å². The number of aliphatic carboxylic acids is 1. The van der Waals surface area contributed by atoms with Crippen LogP contribution in [0, 0.1) is 5.92 Å². The normalized spacial score (nSPS) is 24.5. The molecule has 2 aliphatic rings. The van der Waals surface area contributed by atoms with Crippen molar-refractivity contribution >= 4 is 30.4 Å². The SMILES string of the molecule is CC[C@H](C)[C@H](NC[C@@H]1CC(S)CN1)C(=O)N1Cc2ccccc2C[C@H]1C(=O)NCC(=O)O. The molecule has 0 bridgehead atoms. The Hall–Kier alpha value is -2.10. The molecule has 0 radical (unpaired) electrons. The molecule has 0 aliphatic carbocycles. The Bertz CT molecular complexity index is 836. The molecule has 1 aromatic carbocycles. The van der Waals surface area contributed by atoms with Gasteiger partial charge in [0.25, 0.3) is 0 Å². The van der Waals surface area contributed by atoms with Crippen molar-refractivity contribution in [3.8, 4) is 0 Å². The van der Waals surface area contributed by atoms with Gasteiger partial charge >= 0.3 is 5.97 Å². The molecule has 1 saturated heterocycles. The third kappa shape index (κ3) is 6.02. The van der Waals surface area contributed by atoms with Gasteiger partial charge in [-0.2, -0.15) is 12.6 Å². The molecule has 0 saturated carbocycles. The molecule has 1 unspecified atom stereocenters. The number of carboxylic acid groups (broad SMARTS) is 1. The molecule has 0 spiro atoms. The van der Waals surface area contributed by atoms with E-state index in [1.54, 1.807) is 4.90 Å². The first-order chi connectivity index (χ1) is 15.3. The zero-order valence-electron chi connectivity index (χ0n) is 18.7. The highest BCUT2D eigenvalue weighted by molar-refractivity contribution is 7.81. The number of nitrogens with one attached hydrogen (secondary N) is 3. The van der Waals surface area contributed by atoms with Crippen LogP contribution in [0.15, 0.2) is 24.3 Å². The number of hydrogen-bond donors (Lipinski definition) is 5. The second-order valence-electron chi connectivity index (χ2n) is 8.83. The number of amides is 2. The van der Waals surface area contributed by atoms with Crippen LogP contribution in [0.4, 0.5) is 0 Å². The second-order valence-corrected chi connectivity index (χ2v) is 9.56. The molecule has 9 heteroatoms. The van der Waals surface area contributed by atoms with Crippen molar-refractivity contribution in [1.29, 1.82) is 0 Å². The third-order valence-corrected chi connectivity index (χ3v) is 6.90. The number of rotatable bonds is 9. The largest absolute Gasteiger partial charge is 0.480 e. The van der Waals surface area contributed by atoms with Gasteiger partial charge in [0.1, 0.15) is 12.6 Å². The van der Waals surface area contributed by atoms with Gasteiger partial charge < -0.3 is 26.0 Å². The van der Waals surface area contributed by atoms with Crippen molar-refractivity contribution in [3.05, 3.63) is 35.4 Å². The van der Waals surface area contributed by atoms with Gasteiger partial charge in [-0.25, -0.2) is 0 Å². The van der Waals surface area contributed by atoms with Crippen molar-refractivity contribution in [3.63, 3.8) is 0 Å². The van der Waals surface area contributed by atoms with E-state index in [1.807, 2.05) is 38.1 Å². The lowest BCUT2D eigenvalue weighted by Crippen LogP contribution is -2.59. The number of carbonyl (C=O) groups is 3. The van der Waals surface area contributed by atoms with Crippen LogP contribution < -0.4 is 16.0 Å². The fourth-order valence-electron chi connectivity index (χ4n) is 4.44. The van der Waals surface area contributed by atoms with E-state index in [9.17, 15) is 14.4 Å². The molecule has 2 aliphatic heterocycles. The van der Waals surface area contributed by atoms with Gasteiger partial charge in [0.2, 0.25) is 11.8 Å². The Kier molecular flexibility index (Phi) is 8.56. The van der Waals surface area contributed by atoms with Gasteiger partial charge in [0, 0.05) is 37.3 Å². The summed E-state index contributed by atoms with van der Waals surface area (Å²) in [5.41, 5.74) is 2.02. The first-order valence-corrected chi connectivity index (χ1v) is 11.8. The molecule has 2 amide bonds. The molecule has 3 rings (SSSR count). The number of carboxylic acids is 1. The molecule has 0 aromatic heterocycles. The molecule has 8 nitrogen and oxygen atoms in total. The van der Waals surface area contributed by atoms with Crippen molar-refractivity contribution in [1.82, 2.24) is 20.9 Å². The molecular formula is C23H34N4O4S. The van der Waals surface area contributed by atoms with Crippen LogP contribution in [0.1, 0.15) is 37.8 Å². The zero-order valence-corrected chi connectivity index (χ0v) is 19.6. The maximum atomic E-state index is 13.8. The number of carbonyl (C=O) groups excluding carboxylic acids is 2. The van der Waals surface area contributed by atoms with E-state index in [-0.39, 0.29) is 17.9 Å². The van der Waals surface area contributed by atoms with Gasteiger partial charge in [-0.05, 0) is 23.5 Å². The van der Waals surface area contributed by atoms with Gasteiger partial charge in [0.15, 0.2) is 0 Å². The fraction of sp³-hybridized carbons (Fsp3) is 0.609. The first kappa shape index (κ1) is 24.5. The minimum atomic E-state index is -1.11. The van der Waals surface area contributed by atoms with Gasteiger partial charge in [-0.3, -0.25) is 14.4 Å². The minimum absolute atomic E-state index is 0.0793. The Balaban J connectivity index is 1.80. The average Bonchev–Trinajstić information content (AvgIpc) is 3.21. The molecule has 1 fully saturated rings. The van der Waals surface area contributed by atoms with E-state index in [2.05, 4.69) is 28.6 Å². The second kappa shape index (κ2) is 11.2. The van der Waals surface area contributed by atoms with E-state index in [4.69, 9.17) is 5.11 Å². The molecule has 4 N–H and O–H groups in total. The molecule has 1 aromatic rings. The van der Waals surface area contributed by atoms with Crippen LogP contribution in [0.5, 0.6) is 0 Å². The van der Waals surface area contributed by atoms with E-state index >= 15 is 0 Å². The number of fused-ring (bicyclic) bond motifs is 1. The summed E-state index contributed by atoms with van der Waals surface area (Å²) in [6.07, 6.45) is 2.12. The number of benzene rings is 1. The predicted molar refractivity (Wildman–Crippen MR) is 126 cm³/mol. The van der Waals surface area contributed by atoms with Crippen molar-refractivity contribution in [2.75, 3.05) is 19.6 Å². The lowest BCUT2D eigenvalue weighted by atomic mass is 9.90. The highest BCUT2D eigenvalue weighted by Crippen LogP contribution is 2.26. The summed E-state index contributed by atoms with van der Waals surface area (Å²) in [5, 5.41) is 18.6. The van der Waals surface area contributed by atoms with E-state index < -0.39 is 30.5 Å². The van der Waals surface area contributed by atoms with Crippen LogP contribution in [0.25, 0.3) is 0 Å². The molecule has 32 heavy (non-hydrogen) atoms. The highest BCUT2D eigenvalue weighted by atomic mass is 32.1. The molecule has 5 atom stereocenters. The Morgan fingerprint density at radius 3 is 2.62 bits per heavy atom. The van der Waals surface area contributed by atoms with Crippen molar-refractivity contribution in [2.45, 2.75) is 63.0 Å². The highest BCUT2D eigenvalue weighted by Gasteiger charge is 2.39. The summed E-state index contributed by atoms with van der Waals surface area (Å²) in [4.78, 5) is 39.2. The van der Waals surface area contributed by atoms with Crippen LogP contribution in [-0.2, 0) is 27.3 Å². The molecule has 176 valence electrons. The maximum Gasteiger partial charge on any atom is 0.322 e. The monoisotopic (exact) mass is 462 g/mol. The third-order valence-electron chi connectivity index (χ3n) is 6.51. The first-order valence-electron chi connectivity index (χ1n) is 11.3.